The molecule has 2 amide bonds. The molecular weight excluding hydrogens is 304 g/mol. The molecule has 1 saturated heterocycles. The Balaban J connectivity index is 1.82. The number of rotatable bonds is 2. The molecule has 0 spiro atoms. The monoisotopic (exact) mass is 328 g/mol. The summed E-state index contributed by atoms with van der Waals surface area (Å²) in [5.74, 6) is 0.00795. The maximum atomic E-state index is 12.8. The molecule has 2 heterocycles. The largest absolute Gasteiger partial charge is 0.372 e. The number of benzene rings is 1. The molecule has 0 aliphatic carbocycles. The number of carbonyl (C=O) groups is 2. The van der Waals surface area contributed by atoms with Gasteiger partial charge in [0.15, 0.2) is 0 Å². The van der Waals surface area contributed by atoms with E-state index in [1.165, 1.54) is 6.92 Å². The molecule has 0 N–H and O–H groups in total. The molecule has 5 nitrogen and oxygen atoms in total. The minimum Gasteiger partial charge on any atom is -0.372 e. The van der Waals surface area contributed by atoms with E-state index in [1.54, 1.807) is 11.1 Å². The van der Waals surface area contributed by atoms with Crippen molar-refractivity contribution >= 4 is 17.9 Å². The summed E-state index contributed by atoms with van der Waals surface area (Å²) in [4.78, 5) is 28.4. The summed E-state index contributed by atoms with van der Waals surface area (Å²) in [5, 5.41) is 0. The summed E-state index contributed by atoms with van der Waals surface area (Å²) in [6, 6.07) is 7.68. The van der Waals surface area contributed by atoms with Gasteiger partial charge >= 0.3 is 0 Å². The Kier molecular flexibility index (Phi) is 4.45. The van der Waals surface area contributed by atoms with Crippen LogP contribution in [0.15, 0.2) is 30.5 Å². The van der Waals surface area contributed by atoms with Crippen molar-refractivity contribution in [3.63, 3.8) is 0 Å². The fraction of sp³-hybridized carbons (Fsp3) is 0.474. The molecule has 2 aliphatic heterocycles. The van der Waals surface area contributed by atoms with Crippen LogP contribution >= 0.6 is 0 Å². The molecule has 0 bridgehead atoms. The number of hydrogen-bond donors (Lipinski definition) is 0. The number of amides is 2. The van der Waals surface area contributed by atoms with Crippen molar-refractivity contribution in [1.82, 2.24) is 9.80 Å². The van der Waals surface area contributed by atoms with Gasteiger partial charge in [0.25, 0.3) is 0 Å². The highest BCUT2D eigenvalue weighted by Gasteiger charge is 2.33. The van der Waals surface area contributed by atoms with Crippen molar-refractivity contribution in [3.05, 3.63) is 41.6 Å². The van der Waals surface area contributed by atoms with Gasteiger partial charge in [-0.3, -0.25) is 9.59 Å². The highest BCUT2D eigenvalue weighted by atomic mass is 16.5. The fourth-order valence-corrected chi connectivity index (χ4v) is 3.44. The van der Waals surface area contributed by atoms with Crippen LogP contribution in [0.3, 0.4) is 0 Å². The number of fused-ring (bicyclic) bond motifs is 1. The minimum atomic E-state index is -0.321. The molecule has 0 saturated carbocycles. The van der Waals surface area contributed by atoms with Crippen LogP contribution in [0.25, 0.3) is 6.08 Å². The lowest BCUT2D eigenvalue weighted by Crippen LogP contribution is -2.51. The van der Waals surface area contributed by atoms with Gasteiger partial charge < -0.3 is 14.5 Å². The quantitative estimate of drug-likeness (QED) is 0.838. The second-order valence-electron chi connectivity index (χ2n) is 7.01. The molecule has 1 fully saturated rings. The second kappa shape index (κ2) is 6.40. The van der Waals surface area contributed by atoms with E-state index in [-0.39, 0.29) is 29.9 Å². The van der Waals surface area contributed by atoms with Gasteiger partial charge in [-0.15, -0.1) is 0 Å². The van der Waals surface area contributed by atoms with Crippen LogP contribution in [0.5, 0.6) is 0 Å². The zero-order chi connectivity index (χ0) is 17.3. The minimum absolute atomic E-state index is 0.0548. The third kappa shape index (κ3) is 3.36. The van der Waals surface area contributed by atoms with Crippen LogP contribution < -0.4 is 0 Å². The Morgan fingerprint density at radius 3 is 2.75 bits per heavy atom. The summed E-state index contributed by atoms with van der Waals surface area (Å²) in [7, 11) is 0. The van der Waals surface area contributed by atoms with Gasteiger partial charge in [-0.1, -0.05) is 24.3 Å². The van der Waals surface area contributed by atoms with Crippen molar-refractivity contribution in [2.45, 2.75) is 38.8 Å². The van der Waals surface area contributed by atoms with Crippen molar-refractivity contribution in [3.8, 4) is 0 Å². The maximum absolute atomic E-state index is 12.8. The van der Waals surface area contributed by atoms with Crippen molar-refractivity contribution < 1.29 is 14.3 Å². The average molecular weight is 328 g/mol. The molecule has 1 atom stereocenters. The van der Waals surface area contributed by atoms with Gasteiger partial charge in [0.1, 0.15) is 0 Å². The van der Waals surface area contributed by atoms with E-state index in [1.807, 2.05) is 49.1 Å². The lowest BCUT2D eigenvalue weighted by atomic mass is 9.93. The number of morpholine rings is 1. The number of nitrogens with zero attached hydrogens (tertiary/aromatic N) is 2. The molecule has 0 aromatic heterocycles. The standard InChI is InChI=1S/C19H24N2O3/c1-14(22)21-9-8-15-6-4-5-7-16(15)17(21)12-18(23)20-10-11-24-19(2,3)13-20/h4-9,17H,10-13H2,1-3H3. The van der Waals surface area contributed by atoms with Gasteiger partial charge in [-0.2, -0.15) is 0 Å². The summed E-state index contributed by atoms with van der Waals surface area (Å²) >= 11 is 0. The van der Waals surface area contributed by atoms with Gasteiger partial charge in [-0.05, 0) is 31.1 Å². The lowest BCUT2D eigenvalue weighted by molar-refractivity contribution is -0.147. The first-order valence-corrected chi connectivity index (χ1v) is 8.35. The summed E-state index contributed by atoms with van der Waals surface area (Å²) < 4.78 is 5.68. The SMILES string of the molecule is CC(=O)N1C=Cc2ccccc2C1CC(=O)N1CCOC(C)(C)C1. The van der Waals surface area contributed by atoms with Gasteiger partial charge in [-0.25, -0.2) is 0 Å². The molecule has 1 aromatic rings. The Bertz CT molecular complexity index is 681. The normalized spacial score (nSPS) is 22.2. The summed E-state index contributed by atoms with van der Waals surface area (Å²) in [6.07, 6.45) is 4.00. The Morgan fingerprint density at radius 1 is 1.29 bits per heavy atom. The number of ether oxygens (including phenoxy) is 1. The smallest absolute Gasteiger partial charge is 0.225 e. The third-order valence-electron chi connectivity index (χ3n) is 4.62. The Labute approximate surface area is 142 Å². The predicted molar refractivity (Wildman–Crippen MR) is 92.0 cm³/mol. The summed E-state index contributed by atoms with van der Waals surface area (Å²) in [6.45, 7) is 7.26. The van der Waals surface area contributed by atoms with E-state index in [4.69, 9.17) is 4.74 Å². The Hall–Kier alpha value is -2.14. The maximum Gasteiger partial charge on any atom is 0.225 e. The van der Waals surface area contributed by atoms with Crippen LogP contribution in [0.2, 0.25) is 0 Å². The van der Waals surface area contributed by atoms with E-state index < -0.39 is 0 Å². The fourth-order valence-electron chi connectivity index (χ4n) is 3.44. The third-order valence-corrected chi connectivity index (χ3v) is 4.62. The first kappa shape index (κ1) is 16.7. The highest BCUT2D eigenvalue weighted by Crippen LogP contribution is 2.33. The van der Waals surface area contributed by atoms with Crippen molar-refractivity contribution in [2.75, 3.05) is 19.7 Å². The molecule has 24 heavy (non-hydrogen) atoms. The molecule has 0 radical (unpaired) electrons. The van der Waals surface area contributed by atoms with Gasteiger partial charge in [0, 0.05) is 26.2 Å². The predicted octanol–water partition coefficient (Wildman–Crippen LogP) is 2.59. The number of carbonyl (C=O) groups excluding carboxylic acids is 2. The lowest BCUT2D eigenvalue weighted by Gasteiger charge is -2.39. The first-order chi connectivity index (χ1) is 11.4. The summed E-state index contributed by atoms with van der Waals surface area (Å²) in [5.41, 5.74) is 1.77. The molecule has 5 heteroatoms. The second-order valence-corrected chi connectivity index (χ2v) is 7.01. The molecule has 128 valence electrons. The van der Waals surface area contributed by atoms with Gasteiger partial charge in [0.05, 0.1) is 24.7 Å². The molecule has 1 aromatic carbocycles. The first-order valence-electron chi connectivity index (χ1n) is 8.35. The average Bonchev–Trinajstić information content (AvgIpc) is 2.53. The zero-order valence-electron chi connectivity index (χ0n) is 14.5. The van der Waals surface area contributed by atoms with Crippen LogP contribution in [-0.4, -0.2) is 46.9 Å². The van der Waals surface area contributed by atoms with E-state index in [0.29, 0.717) is 19.7 Å². The molecule has 2 aliphatic rings. The van der Waals surface area contributed by atoms with E-state index in [9.17, 15) is 9.59 Å². The zero-order valence-corrected chi connectivity index (χ0v) is 14.5. The Morgan fingerprint density at radius 2 is 2.04 bits per heavy atom. The van der Waals surface area contributed by atoms with Crippen LogP contribution in [0.4, 0.5) is 0 Å². The van der Waals surface area contributed by atoms with E-state index in [0.717, 1.165) is 11.1 Å². The van der Waals surface area contributed by atoms with E-state index >= 15 is 0 Å². The van der Waals surface area contributed by atoms with Crippen LogP contribution in [0, 0.1) is 0 Å². The topological polar surface area (TPSA) is 49.9 Å². The van der Waals surface area contributed by atoms with E-state index in [2.05, 4.69) is 0 Å². The number of hydrogen-bond acceptors (Lipinski definition) is 3. The molecule has 3 rings (SSSR count). The van der Waals surface area contributed by atoms with Crippen LogP contribution in [0.1, 0.15) is 44.4 Å². The molecular formula is C19H24N2O3. The van der Waals surface area contributed by atoms with Crippen LogP contribution in [-0.2, 0) is 14.3 Å². The highest BCUT2D eigenvalue weighted by molar-refractivity contribution is 5.82. The van der Waals surface area contributed by atoms with Crippen molar-refractivity contribution in [1.29, 1.82) is 0 Å². The molecule has 1 unspecified atom stereocenters. The van der Waals surface area contributed by atoms with Gasteiger partial charge in [0.2, 0.25) is 11.8 Å². The van der Waals surface area contributed by atoms with Crippen molar-refractivity contribution in [2.24, 2.45) is 0 Å².